The molecule has 75 heavy (non-hydrogen) atoms. The molecule has 0 atom stereocenters. The Labute approximate surface area is 485 Å². The van der Waals surface area contributed by atoms with Crippen molar-refractivity contribution in [1.29, 1.82) is 0 Å². The number of unbranched alkanes of at least 4 members (excludes halogenated alkanes) is 3. The normalized spacial score (nSPS) is 8.84. The number of hydrogen-bond donors (Lipinski definition) is 0. The van der Waals surface area contributed by atoms with Crippen LogP contribution in [0.4, 0.5) is 0 Å². The topological polar surface area (TPSA) is 0 Å². The number of benzene rings is 3. The van der Waals surface area contributed by atoms with Gasteiger partial charge in [0.25, 0.3) is 0 Å². The summed E-state index contributed by atoms with van der Waals surface area (Å²) in [6, 6.07) is 31.0. The maximum atomic E-state index is 2.24. The van der Waals surface area contributed by atoms with Crippen molar-refractivity contribution in [3.8, 4) is 0 Å². The lowest BCUT2D eigenvalue weighted by Crippen LogP contribution is -2.00. The van der Waals surface area contributed by atoms with Crippen molar-refractivity contribution in [2.75, 3.05) is 0 Å². The minimum Gasteiger partial charge on any atom is -0.0683 e. The highest BCUT2D eigenvalue weighted by atomic mass is 14.1. The van der Waals surface area contributed by atoms with Crippen LogP contribution in [0.1, 0.15) is 337 Å². The zero-order valence-electron chi connectivity index (χ0n) is 60.5. The van der Waals surface area contributed by atoms with Gasteiger partial charge in [0, 0.05) is 0 Å². The fourth-order valence-corrected chi connectivity index (χ4v) is 2.14. The van der Waals surface area contributed by atoms with Crippen LogP contribution in [0.5, 0.6) is 0 Å². The Kier molecular flexibility index (Phi) is 136. The first-order chi connectivity index (χ1) is 34.7. The lowest BCUT2D eigenvalue weighted by molar-refractivity contribution is 0.398. The van der Waals surface area contributed by atoms with Crippen LogP contribution in [0, 0.1) is 54.3 Å². The van der Waals surface area contributed by atoms with Crippen LogP contribution in [0.25, 0.3) is 0 Å². The van der Waals surface area contributed by atoms with Crippen molar-refractivity contribution in [2.24, 2.45) is 40.4 Å². The molecule has 0 N–H and O–H groups in total. The third-order valence-electron chi connectivity index (χ3n) is 7.85. The molecule has 0 saturated heterocycles. The SMILES string of the molecule is CC.CC.CC(C)(C)C.CC(C)C.CC(C)C.CCC.CCC.CCC(C)(C)C.CCC(C)C.CCC(C)C.CCC(C)C.CCCC.CCCCC.CCc1ccccc1.Cc1ccccc1.Cc1ccccc1. The number of rotatable bonds is 7. The first-order valence-corrected chi connectivity index (χ1v) is 31.8. The molecule has 0 radical (unpaired) electrons. The second-order valence-electron chi connectivity index (χ2n) is 23.7. The van der Waals surface area contributed by atoms with E-state index in [4.69, 9.17) is 0 Å². The summed E-state index contributed by atoms with van der Waals surface area (Å²) >= 11 is 0. The molecule has 3 aromatic carbocycles. The minimum atomic E-state index is 0.500. The van der Waals surface area contributed by atoms with E-state index in [2.05, 4.69) is 284 Å². The van der Waals surface area contributed by atoms with E-state index < -0.39 is 0 Å². The molecule has 458 valence electrons. The van der Waals surface area contributed by atoms with E-state index in [0.717, 1.165) is 36.0 Å². The van der Waals surface area contributed by atoms with Gasteiger partial charge in [0.05, 0.1) is 0 Å². The fraction of sp³-hybridized carbons (Fsp3) is 0.760. The van der Waals surface area contributed by atoms with Crippen LogP contribution >= 0.6 is 0 Å². The molecule has 0 unspecified atom stereocenters. The van der Waals surface area contributed by atoms with E-state index in [0.29, 0.717) is 10.8 Å². The average Bonchev–Trinajstić information content (AvgIpc) is 3.34. The van der Waals surface area contributed by atoms with Crippen LogP contribution in [0.15, 0.2) is 91.0 Å². The van der Waals surface area contributed by atoms with Gasteiger partial charge >= 0.3 is 0 Å². The standard InChI is InChI=1S/C8H10.2C7H8.C6H14.5C5H12.3C4H10.2C3H8.2C2H6/c1-2-8-6-4-3-5-7-8;2*1-7-5-3-2-4-6-7;1-5-6(2,3)4;1-5(2,3)4;3*1-4-5(2)3;1-3-5-4-2;2*1-4(2)3;1-3-4-2;2*1-3-2;2*1-2/h3-7H,2H2,1H3;2*2-6H,1H3;5H2,1-4H3;1-4H3;3*5H,4H2,1-3H3;3-5H2,1-2H3;2*4H,1-3H3;3-4H2,1-2H3;2*3H2,1-2H3;2*1-2H3. The van der Waals surface area contributed by atoms with Crippen molar-refractivity contribution in [3.63, 3.8) is 0 Å². The molecule has 0 amide bonds. The minimum absolute atomic E-state index is 0.500. The van der Waals surface area contributed by atoms with Crippen molar-refractivity contribution in [1.82, 2.24) is 0 Å². The third kappa shape index (κ3) is 273. The van der Waals surface area contributed by atoms with Gasteiger partial charge in [-0.15, -0.1) is 0 Å². The summed E-state index contributed by atoms with van der Waals surface area (Å²) in [7, 11) is 0. The van der Waals surface area contributed by atoms with Crippen LogP contribution in [0.2, 0.25) is 0 Å². The molecular weight excluding hydrogens is 901 g/mol. The molecule has 0 heteroatoms. The Balaban J connectivity index is -0.0000000503. The summed E-state index contributed by atoms with van der Waals surface area (Å²) < 4.78 is 0. The van der Waals surface area contributed by atoms with Crippen molar-refractivity contribution in [3.05, 3.63) is 108 Å². The summed E-state index contributed by atoms with van der Waals surface area (Å²) in [6.45, 7) is 82.2. The van der Waals surface area contributed by atoms with E-state index in [9.17, 15) is 0 Å². The van der Waals surface area contributed by atoms with Crippen LogP contribution in [-0.2, 0) is 6.42 Å². The summed E-state index contributed by atoms with van der Waals surface area (Å²) in [5.41, 5.74) is 5.09. The van der Waals surface area contributed by atoms with E-state index in [1.54, 1.807) is 0 Å². The second-order valence-corrected chi connectivity index (χ2v) is 23.7. The van der Waals surface area contributed by atoms with Gasteiger partial charge in [0.15, 0.2) is 0 Å². The molecule has 0 saturated carbocycles. The molecule has 0 heterocycles. The molecule has 0 aliphatic rings. The second kappa shape index (κ2) is 97.2. The van der Waals surface area contributed by atoms with Gasteiger partial charge in [-0.05, 0) is 66.3 Å². The summed E-state index contributed by atoms with van der Waals surface area (Å²) in [5, 5.41) is 0. The van der Waals surface area contributed by atoms with E-state index in [1.807, 2.05) is 70.2 Å². The Bertz CT molecular complexity index is 1060. The Morgan fingerprint density at radius 2 is 0.493 bits per heavy atom. The first kappa shape index (κ1) is 105. The van der Waals surface area contributed by atoms with Gasteiger partial charge in [0.1, 0.15) is 0 Å². The van der Waals surface area contributed by atoms with Crippen molar-refractivity contribution in [2.45, 2.75) is 340 Å². The predicted molar refractivity (Wildman–Crippen MR) is 370 cm³/mol. The van der Waals surface area contributed by atoms with Gasteiger partial charge in [-0.3, -0.25) is 0 Å². The average molecular weight is 1060 g/mol. The van der Waals surface area contributed by atoms with Crippen LogP contribution < -0.4 is 0 Å². The van der Waals surface area contributed by atoms with Gasteiger partial charge in [-0.1, -0.05) is 422 Å². The third-order valence-corrected chi connectivity index (χ3v) is 7.85. The van der Waals surface area contributed by atoms with Crippen LogP contribution in [0.3, 0.4) is 0 Å². The molecule has 0 aromatic heterocycles. The number of hydrogen-bond acceptors (Lipinski definition) is 0. The van der Waals surface area contributed by atoms with E-state index >= 15 is 0 Å². The monoisotopic (exact) mass is 1060 g/mol. The van der Waals surface area contributed by atoms with E-state index in [-0.39, 0.29) is 0 Å². The molecule has 3 aromatic rings. The highest BCUT2D eigenvalue weighted by Gasteiger charge is 2.03. The van der Waals surface area contributed by atoms with Crippen LogP contribution in [-0.4, -0.2) is 0 Å². The largest absolute Gasteiger partial charge is 0.0683 e. The Hall–Kier alpha value is -2.34. The predicted octanol–water partition coefficient (Wildman–Crippen LogP) is 29.1. The highest BCUT2D eigenvalue weighted by molar-refractivity contribution is 5.14. The quantitative estimate of drug-likeness (QED) is 0.221. The summed E-state index contributed by atoms with van der Waals surface area (Å²) in [4.78, 5) is 0. The molecule has 0 bridgehead atoms. The zero-order valence-corrected chi connectivity index (χ0v) is 60.5. The van der Waals surface area contributed by atoms with Gasteiger partial charge in [-0.25, -0.2) is 0 Å². The van der Waals surface area contributed by atoms with Gasteiger partial charge in [-0.2, -0.15) is 0 Å². The van der Waals surface area contributed by atoms with Crippen molar-refractivity contribution < 1.29 is 0 Å². The molecular formula is C75H158. The van der Waals surface area contributed by atoms with Gasteiger partial charge < -0.3 is 0 Å². The maximum absolute atomic E-state index is 2.24. The Morgan fingerprint density at radius 1 is 0.333 bits per heavy atom. The smallest absolute Gasteiger partial charge is 0.0307 e. The molecule has 3 rings (SSSR count). The van der Waals surface area contributed by atoms with Crippen molar-refractivity contribution >= 4 is 0 Å². The maximum Gasteiger partial charge on any atom is -0.0307 e. The summed E-state index contributed by atoms with van der Waals surface area (Å²) in [5.74, 6) is 4.32. The lowest BCUT2D eigenvalue weighted by Gasteiger charge is -2.12. The molecule has 0 aliphatic heterocycles. The molecule has 0 aliphatic carbocycles. The molecule has 0 spiro atoms. The van der Waals surface area contributed by atoms with Gasteiger partial charge in [0.2, 0.25) is 0 Å². The Morgan fingerprint density at radius 3 is 0.547 bits per heavy atom. The highest BCUT2D eigenvalue weighted by Crippen LogP contribution is 2.16. The lowest BCUT2D eigenvalue weighted by atomic mass is 9.94. The van der Waals surface area contributed by atoms with E-state index in [1.165, 1.54) is 87.3 Å². The molecule has 0 nitrogen and oxygen atoms in total. The summed E-state index contributed by atoms with van der Waals surface area (Å²) in [6.07, 6.45) is 15.5. The number of aryl methyl sites for hydroxylation is 3. The first-order valence-electron chi connectivity index (χ1n) is 31.8. The fourth-order valence-electron chi connectivity index (χ4n) is 2.14. The molecule has 0 fully saturated rings. The zero-order chi connectivity index (χ0) is 62.7.